The summed E-state index contributed by atoms with van der Waals surface area (Å²) in [5.74, 6) is 0. The lowest BCUT2D eigenvalue weighted by Gasteiger charge is -2.29. The van der Waals surface area contributed by atoms with Crippen molar-refractivity contribution in [2.75, 3.05) is 91.6 Å². The normalized spacial score (nSPS) is 25.9. The Kier molecular flexibility index (Phi) is 8.23. The maximum atomic E-state index is 2.75. The van der Waals surface area contributed by atoms with E-state index < -0.39 is 0 Å². The van der Waals surface area contributed by atoms with Crippen molar-refractivity contribution in [1.82, 2.24) is 19.6 Å². The summed E-state index contributed by atoms with van der Waals surface area (Å²) in [5, 5.41) is 0. The summed E-state index contributed by atoms with van der Waals surface area (Å²) in [6.45, 7) is 17.7. The van der Waals surface area contributed by atoms with Crippen molar-refractivity contribution in [3.8, 4) is 0 Å². The fraction of sp³-hybridized carbons (Fsp3) is 0.913. The second-order valence-corrected chi connectivity index (χ2v) is 9.53. The van der Waals surface area contributed by atoms with Crippen molar-refractivity contribution >= 4 is 12.7 Å². The predicted molar refractivity (Wildman–Crippen MR) is 120 cm³/mol. The highest BCUT2D eigenvalue weighted by Gasteiger charge is 2.20. The lowest BCUT2D eigenvalue weighted by molar-refractivity contribution is -0.534. The van der Waals surface area contributed by atoms with Crippen molar-refractivity contribution in [1.29, 1.82) is 0 Å². The molecule has 0 N–H and O–H groups in total. The third-order valence-corrected chi connectivity index (χ3v) is 7.06. The Bertz CT molecular complexity index is 512. The molecule has 6 nitrogen and oxygen atoms in total. The molecule has 4 aliphatic heterocycles. The Morgan fingerprint density at radius 2 is 0.862 bits per heavy atom. The second-order valence-electron chi connectivity index (χ2n) is 9.53. The molecule has 0 radical (unpaired) electrons. The molecule has 0 aliphatic carbocycles. The number of fused-ring (bicyclic) bond motifs is 2. The highest BCUT2D eigenvalue weighted by molar-refractivity contribution is 5.49. The number of nitrogens with zero attached hydrogens (tertiary/aromatic N) is 6. The van der Waals surface area contributed by atoms with Gasteiger partial charge in [0.25, 0.3) is 0 Å². The summed E-state index contributed by atoms with van der Waals surface area (Å²) in [6.07, 6.45) is 14.1. The largest absolute Gasteiger partial charge is 0.303 e. The zero-order valence-corrected chi connectivity index (χ0v) is 18.7. The van der Waals surface area contributed by atoms with Gasteiger partial charge in [0.05, 0.1) is 52.4 Å². The maximum absolute atomic E-state index is 2.75. The van der Waals surface area contributed by atoms with Gasteiger partial charge in [-0.1, -0.05) is 0 Å². The lowest BCUT2D eigenvalue weighted by atomic mass is 10.2. The van der Waals surface area contributed by atoms with Crippen molar-refractivity contribution < 1.29 is 9.15 Å². The summed E-state index contributed by atoms with van der Waals surface area (Å²) in [4.78, 5) is 10.6. The van der Waals surface area contributed by atoms with Crippen LogP contribution >= 0.6 is 0 Å². The average Bonchev–Trinajstić information content (AvgIpc) is 2.73. The molecule has 0 aromatic carbocycles. The van der Waals surface area contributed by atoms with Crippen LogP contribution in [-0.4, -0.2) is 133 Å². The average molecular weight is 405 g/mol. The quantitative estimate of drug-likeness (QED) is 0.652. The Balaban J connectivity index is 1.18. The van der Waals surface area contributed by atoms with Gasteiger partial charge in [0.1, 0.15) is 0 Å². The molecule has 4 heterocycles. The van der Waals surface area contributed by atoms with Crippen LogP contribution in [0.1, 0.15) is 44.9 Å². The van der Waals surface area contributed by atoms with E-state index in [1.807, 2.05) is 0 Å². The summed E-state index contributed by atoms with van der Waals surface area (Å²) in [7, 11) is 0. The van der Waals surface area contributed by atoms with Gasteiger partial charge in [-0.05, 0) is 45.2 Å². The van der Waals surface area contributed by atoms with Crippen LogP contribution in [-0.2, 0) is 0 Å². The Morgan fingerprint density at radius 1 is 0.483 bits per heavy atom. The van der Waals surface area contributed by atoms with E-state index >= 15 is 0 Å². The van der Waals surface area contributed by atoms with E-state index in [0.717, 1.165) is 0 Å². The Hall–Kier alpha value is -1.14. The van der Waals surface area contributed by atoms with Crippen molar-refractivity contribution in [3.63, 3.8) is 0 Å². The molecule has 0 fully saturated rings. The number of hydrogen-bond acceptors (Lipinski definition) is 4. The molecule has 6 heteroatoms. The standard InChI is InChI=1S/C23H44N6/c1(8-24-10-2-14-26-18-6-19-27(22-26)15-3-11-24)9-25-12-4-16-28-20-7-21-29(23-28)17-5-13-25/h22-23H,1-21H2/q+2. The molecule has 4 bridgehead atoms. The molecule has 29 heavy (non-hydrogen) atoms. The minimum Gasteiger partial charge on any atom is -0.303 e. The molecule has 0 atom stereocenters. The molecule has 0 aromatic rings. The minimum atomic E-state index is 1.24. The van der Waals surface area contributed by atoms with Crippen molar-refractivity contribution in [2.24, 2.45) is 0 Å². The van der Waals surface area contributed by atoms with E-state index in [-0.39, 0.29) is 0 Å². The molecule has 0 saturated carbocycles. The molecular weight excluding hydrogens is 360 g/mol. The fourth-order valence-corrected chi connectivity index (χ4v) is 5.50. The molecular formula is C23H44N6+2. The molecule has 4 aliphatic rings. The van der Waals surface area contributed by atoms with Crippen LogP contribution in [0.3, 0.4) is 0 Å². The first kappa shape index (κ1) is 21.1. The molecule has 0 spiro atoms. The summed E-state index contributed by atoms with van der Waals surface area (Å²) in [6, 6.07) is 0. The molecule has 0 saturated heterocycles. The first-order valence-electron chi connectivity index (χ1n) is 12.5. The van der Waals surface area contributed by atoms with Crippen LogP contribution in [0, 0.1) is 0 Å². The third-order valence-electron chi connectivity index (χ3n) is 7.06. The monoisotopic (exact) mass is 404 g/mol. The first-order valence-corrected chi connectivity index (χ1v) is 12.5. The Morgan fingerprint density at radius 3 is 1.34 bits per heavy atom. The van der Waals surface area contributed by atoms with Gasteiger partial charge in [-0.2, -0.15) is 0 Å². The van der Waals surface area contributed by atoms with Gasteiger partial charge in [-0.3, -0.25) is 19.0 Å². The van der Waals surface area contributed by atoms with Crippen LogP contribution in [0.2, 0.25) is 0 Å². The van der Waals surface area contributed by atoms with Gasteiger partial charge < -0.3 is 9.80 Å². The molecule has 4 rings (SSSR count). The van der Waals surface area contributed by atoms with Gasteiger partial charge in [0.2, 0.25) is 12.7 Å². The number of hydrogen-bond donors (Lipinski definition) is 0. The van der Waals surface area contributed by atoms with Crippen molar-refractivity contribution in [3.05, 3.63) is 0 Å². The SMILES string of the molecule is C1=[N+]2CCCN1CCCN(CCCN1CCCN3C=[N+](CCC3)CCC1)CCC2. The van der Waals surface area contributed by atoms with Crippen LogP contribution in [0.5, 0.6) is 0 Å². The van der Waals surface area contributed by atoms with Crippen LogP contribution in [0.15, 0.2) is 0 Å². The van der Waals surface area contributed by atoms with E-state index in [2.05, 4.69) is 41.4 Å². The van der Waals surface area contributed by atoms with Crippen LogP contribution in [0.25, 0.3) is 0 Å². The van der Waals surface area contributed by atoms with Crippen molar-refractivity contribution in [2.45, 2.75) is 44.9 Å². The summed E-state index contributed by atoms with van der Waals surface area (Å²) < 4.78 is 5.11. The minimum absolute atomic E-state index is 1.24. The topological polar surface area (TPSA) is 19.0 Å². The van der Waals surface area contributed by atoms with Gasteiger partial charge in [0.15, 0.2) is 0 Å². The third kappa shape index (κ3) is 6.95. The maximum Gasteiger partial charge on any atom is 0.234 e. The highest BCUT2D eigenvalue weighted by atomic mass is 15.2. The van der Waals surface area contributed by atoms with Crippen LogP contribution in [0.4, 0.5) is 0 Å². The van der Waals surface area contributed by atoms with Gasteiger partial charge in [-0.15, -0.1) is 0 Å². The first-order chi connectivity index (χ1) is 14.3. The van der Waals surface area contributed by atoms with E-state index in [0.29, 0.717) is 0 Å². The van der Waals surface area contributed by atoms with Gasteiger partial charge >= 0.3 is 0 Å². The van der Waals surface area contributed by atoms with E-state index in [4.69, 9.17) is 0 Å². The number of rotatable bonds is 4. The zero-order chi connectivity index (χ0) is 19.7. The lowest BCUT2D eigenvalue weighted by Crippen LogP contribution is -2.42. The molecule has 164 valence electrons. The smallest absolute Gasteiger partial charge is 0.234 e. The van der Waals surface area contributed by atoms with E-state index in [1.54, 1.807) is 0 Å². The zero-order valence-electron chi connectivity index (χ0n) is 18.7. The molecule has 0 unspecified atom stereocenters. The molecule has 0 amide bonds. The van der Waals surface area contributed by atoms with E-state index in [9.17, 15) is 0 Å². The van der Waals surface area contributed by atoms with Crippen LogP contribution < -0.4 is 0 Å². The van der Waals surface area contributed by atoms with Gasteiger partial charge in [-0.25, -0.2) is 0 Å². The van der Waals surface area contributed by atoms with E-state index in [1.165, 1.54) is 137 Å². The Labute approximate surface area is 178 Å². The summed E-state index contributed by atoms with van der Waals surface area (Å²) >= 11 is 0. The summed E-state index contributed by atoms with van der Waals surface area (Å²) in [5.41, 5.74) is 0. The second kappa shape index (κ2) is 11.3. The molecule has 0 aromatic heterocycles. The highest BCUT2D eigenvalue weighted by Crippen LogP contribution is 2.08. The van der Waals surface area contributed by atoms with Gasteiger partial charge in [0, 0.05) is 39.0 Å². The predicted octanol–water partition coefficient (Wildman–Crippen LogP) is 1.06. The fourth-order valence-electron chi connectivity index (χ4n) is 5.50.